The summed E-state index contributed by atoms with van der Waals surface area (Å²) in [6.07, 6.45) is 0.996. The molecule has 100 valence electrons. The lowest BCUT2D eigenvalue weighted by atomic mass is 10.1. The van der Waals surface area contributed by atoms with Crippen LogP contribution < -0.4 is 4.90 Å². The molecule has 1 aromatic rings. The molecule has 7 nitrogen and oxygen atoms in total. The summed E-state index contributed by atoms with van der Waals surface area (Å²) >= 11 is 0. The molecule has 1 aliphatic rings. The Morgan fingerprint density at radius 2 is 2.11 bits per heavy atom. The fourth-order valence-corrected chi connectivity index (χ4v) is 2.38. The Labute approximate surface area is 105 Å². The molecule has 1 aromatic heterocycles. The van der Waals surface area contributed by atoms with Crippen molar-refractivity contribution >= 4 is 11.5 Å². The van der Waals surface area contributed by atoms with Crippen LogP contribution in [0.5, 0.6) is 0 Å². The van der Waals surface area contributed by atoms with Crippen molar-refractivity contribution < 1.29 is 10.0 Å². The molecule has 0 bridgehead atoms. The SMILES string of the molecule is CCn1nc(C)c([N+](=O)[O-])c1N1CCC(O)CC1. The number of piperidine rings is 1. The van der Waals surface area contributed by atoms with Gasteiger partial charge in [-0.25, -0.2) is 4.68 Å². The van der Waals surface area contributed by atoms with Crippen LogP contribution in [-0.2, 0) is 6.54 Å². The second-order valence-corrected chi connectivity index (χ2v) is 4.55. The highest BCUT2D eigenvalue weighted by atomic mass is 16.6. The zero-order chi connectivity index (χ0) is 13.3. The number of aryl methyl sites for hydroxylation is 2. The Bertz CT molecular complexity index is 449. The molecule has 7 heteroatoms. The van der Waals surface area contributed by atoms with E-state index in [4.69, 9.17) is 0 Å². The van der Waals surface area contributed by atoms with E-state index in [0.717, 1.165) is 0 Å². The van der Waals surface area contributed by atoms with Crippen molar-refractivity contribution in [3.05, 3.63) is 15.8 Å². The quantitative estimate of drug-likeness (QED) is 0.644. The highest BCUT2D eigenvalue weighted by Gasteiger charge is 2.31. The molecular weight excluding hydrogens is 236 g/mol. The molecule has 1 saturated heterocycles. The Balaban J connectivity index is 2.38. The van der Waals surface area contributed by atoms with Gasteiger partial charge >= 0.3 is 5.69 Å². The topological polar surface area (TPSA) is 84.4 Å². The minimum Gasteiger partial charge on any atom is -0.393 e. The minimum atomic E-state index is -0.366. The van der Waals surface area contributed by atoms with E-state index in [-0.39, 0.29) is 16.7 Å². The van der Waals surface area contributed by atoms with Crippen LogP contribution >= 0.6 is 0 Å². The van der Waals surface area contributed by atoms with Crippen LogP contribution in [0.1, 0.15) is 25.5 Å². The average Bonchev–Trinajstić information content (AvgIpc) is 2.67. The van der Waals surface area contributed by atoms with Gasteiger partial charge in [0.1, 0.15) is 5.69 Å². The first-order valence-corrected chi connectivity index (χ1v) is 6.19. The minimum absolute atomic E-state index is 0.0910. The molecule has 2 heterocycles. The van der Waals surface area contributed by atoms with Crippen LogP contribution in [0.4, 0.5) is 11.5 Å². The second-order valence-electron chi connectivity index (χ2n) is 4.55. The Hall–Kier alpha value is -1.63. The average molecular weight is 254 g/mol. The van der Waals surface area contributed by atoms with Crippen LogP contribution in [0, 0.1) is 17.0 Å². The van der Waals surface area contributed by atoms with E-state index in [1.54, 1.807) is 11.6 Å². The summed E-state index contributed by atoms with van der Waals surface area (Å²) in [5, 5.41) is 24.9. The highest BCUT2D eigenvalue weighted by molar-refractivity contribution is 5.61. The summed E-state index contributed by atoms with van der Waals surface area (Å²) in [6, 6.07) is 0. The Morgan fingerprint density at radius 1 is 1.50 bits per heavy atom. The van der Waals surface area contributed by atoms with Crippen molar-refractivity contribution in [1.82, 2.24) is 9.78 Å². The largest absolute Gasteiger partial charge is 0.393 e. The maximum absolute atomic E-state index is 11.2. The summed E-state index contributed by atoms with van der Waals surface area (Å²) in [5.74, 6) is 0.576. The molecule has 0 saturated carbocycles. The van der Waals surface area contributed by atoms with Crippen molar-refractivity contribution in [2.45, 2.75) is 39.3 Å². The van der Waals surface area contributed by atoms with E-state index < -0.39 is 0 Å². The third-order valence-corrected chi connectivity index (χ3v) is 3.32. The number of hydrogen-bond acceptors (Lipinski definition) is 5. The van der Waals surface area contributed by atoms with Crippen molar-refractivity contribution in [3.8, 4) is 0 Å². The molecule has 1 fully saturated rings. The van der Waals surface area contributed by atoms with Gasteiger partial charge in [0.05, 0.1) is 11.0 Å². The first kappa shape index (κ1) is 12.8. The summed E-state index contributed by atoms with van der Waals surface area (Å²) in [4.78, 5) is 12.7. The predicted octanol–water partition coefficient (Wildman–Crippen LogP) is 1.08. The summed E-state index contributed by atoms with van der Waals surface area (Å²) in [7, 11) is 0. The maximum atomic E-state index is 11.2. The number of aliphatic hydroxyl groups excluding tert-OH is 1. The van der Waals surface area contributed by atoms with Crippen LogP contribution in [-0.4, -0.2) is 39.0 Å². The predicted molar refractivity (Wildman–Crippen MR) is 66.7 cm³/mol. The van der Waals surface area contributed by atoms with Crippen LogP contribution in [0.3, 0.4) is 0 Å². The van der Waals surface area contributed by atoms with Gasteiger partial charge in [0.15, 0.2) is 0 Å². The van der Waals surface area contributed by atoms with Crippen molar-refractivity contribution in [2.24, 2.45) is 0 Å². The number of aliphatic hydroxyl groups is 1. The molecule has 0 spiro atoms. The van der Waals surface area contributed by atoms with Gasteiger partial charge < -0.3 is 10.0 Å². The zero-order valence-corrected chi connectivity index (χ0v) is 10.7. The van der Waals surface area contributed by atoms with Crippen LogP contribution in [0.15, 0.2) is 0 Å². The molecule has 0 unspecified atom stereocenters. The number of nitro groups is 1. The van der Waals surface area contributed by atoms with Gasteiger partial charge in [-0.2, -0.15) is 5.10 Å². The number of hydrogen-bond donors (Lipinski definition) is 1. The van der Waals surface area contributed by atoms with Crippen molar-refractivity contribution in [2.75, 3.05) is 18.0 Å². The molecule has 0 aliphatic carbocycles. The van der Waals surface area contributed by atoms with Crippen LogP contribution in [0.2, 0.25) is 0 Å². The van der Waals surface area contributed by atoms with Crippen LogP contribution in [0.25, 0.3) is 0 Å². The molecule has 2 rings (SSSR count). The fraction of sp³-hybridized carbons (Fsp3) is 0.727. The number of rotatable bonds is 3. The van der Waals surface area contributed by atoms with Gasteiger partial charge in [0, 0.05) is 19.6 Å². The summed E-state index contributed by atoms with van der Waals surface area (Å²) in [5.41, 5.74) is 0.538. The normalized spacial score (nSPS) is 17.2. The molecule has 1 aliphatic heterocycles. The smallest absolute Gasteiger partial charge is 0.333 e. The van der Waals surface area contributed by atoms with Gasteiger partial charge in [-0.05, 0) is 26.7 Å². The monoisotopic (exact) mass is 254 g/mol. The molecule has 0 aromatic carbocycles. The number of nitrogens with zero attached hydrogens (tertiary/aromatic N) is 4. The Kier molecular flexibility index (Phi) is 3.51. The first-order valence-electron chi connectivity index (χ1n) is 6.19. The standard InChI is InChI=1S/C11H18N4O3/c1-3-14-11(10(15(17)18)8(2)12-14)13-6-4-9(16)5-7-13/h9,16H,3-7H2,1-2H3. The lowest BCUT2D eigenvalue weighted by Crippen LogP contribution is -2.37. The summed E-state index contributed by atoms with van der Waals surface area (Å²) < 4.78 is 1.67. The van der Waals surface area contributed by atoms with E-state index in [1.807, 2.05) is 11.8 Å². The third kappa shape index (κ3) is 2.17. The first-order chi connectivity index (χ1) is 8.54. The molecule has 0 radical (unpaired) electrons. The fourth-order valence-electron chi connectivity index (χ4n) is 2.38. The van der Waals surface area contributed by atoms with E-state index in [2.05, 4.69) is 5.10 Å². The zero-order valence-electron chi connectivity index (χ0n) is 10.7. The van der Waals surface area contributed by atoms with E-state index >= 15 is 0 Å². The third-order valence-electron chi connectivity index (χ3n) is 3.32. The molecule has 18 heavy (non-hydrogen) atoms. The number of aromatic nitrogens is 2. The molecule has 1 N–H and O–H groups in total. The van der Waals surface area contributed by atoms with Crippen molar-refractivity contribution in [1.29, 1.82) is 0 Å². The second kappa shape index (κ2) is 4.93. The molecule has 0 atom stereocenters. The van der Waals surface area contributed by atoms with Gasteiger partial charge in [-0.15, -0.1) is 0 Å². The van der Waals surface area contributed by atoms with E-state index in [0.29, 0.717) is 44.0 Å². The molecule has 0 amide bonds. The van der Waals surface area contributed by atoms with Gasteiger partial charge in [0.25, 0.3) is 0 Å². The van der Waals surface area contributed by atoms with Gasteiger partial charge in [0.2, 0.25) is 5.82 Å². The van der Waals surface area contributed by atoms with Gasteiger partial charge in [-0.1, -0.05) is 0 Å². The number of anilines is 1. The Morgan fingerprint density at radius 3 is 2.61 bits per heavy atom. The lowest BCUT2D eigenvalue weighted by molar-refractivity contribution is -0.384. The molecular formula is C11H18N4O3. The van der Waals surface area contributed by atoms with E-state index in [1.165, 1.54) is 0 Å². The lowest BCUT2D eigenvalue weighted by Gasteiger charge is -2.30. The van der Waals surface area contributed by atoms with Gasteiger partial charge in [-0.3, -0.25) is 10.1 Å². The highest BCUT2D eigenvalue weighted by Crippen LogP contribution is 2.33. The van der Waals surface area contributed by atoms with E-state index in [9.17, 15) is 15.2 Å². The summed E-state index contributed by atoms with van der Waals surface area (Å²) in [6.45, 7) is 5.44. The maximum Gasteiger partial charge on any atom is 0.333 e. The van der Waals surface area contributed by atoms with Crippen molar-refractivity contribution in [3.63, 3.8) is 0 Å².